The Labute approximate surface area is 115 Å². The monoisotopic (exact) mass is 260 g/mol. The number of ether oxygens (including phenoxy) is 1. The predicted molar refractivity (Wildman–Crippen MR) is 80.9 cm³/mol. The van der Waals surface area contributed by atoms with Crippen LogP contribution in [0, 0.1) is 0 Å². The fourth-order valence-corrected chi connectivity index (χ4v) is 2.35. The summed E-state index contributed by atoms with van der Waals surface area (Å²) >= 11 is 0. The summed E-state index contributed by atoms with van der Waals surface area (Å²) < 4.78 is 7.46. The molecule has 1 N–H and O–H groups in total. The molecular weight excluding hydrogens is 236 g/mol. The maximum atomic E-state index is 5.29. The average Bonchev–Trinajstić information content (AvgIpc) is 2.64. The number of aryl methyl sites for hydroxylation is 1. The Kier molecular flexibility index (Phi) is 3.85. The first-order valence-corrected chi connectivity index (χ1v) is 6.78. The number of hydrogen-bond donors (Lipinski definition) is 1. The molecule has 0 aliphatic carbocycles. The lowest BCUT2D eigenvalue weighted by Crippen LogP contribution is -2.37. The standard InChI is InChI=1S/C16H24N2O/c1-16(2,3)17-9-8-12-11-18(4)15-10-13(19-5)6-7-14(12)15/h6-7,10-11,17H,8-9H2,1-5H3. The molecule has 2 rings (SSSR count). The molecule has 1 aromatic heterocycles. The second-order valence-electron chi connectivity index (χ2n) is 6.08. The van der Waals surface area contributed by atoms with E-state index in [-0.39, 0.29) is 5.54 Å². The Balaban J connectivity index is 2.20. The summed E-state index contributed by atoms with van der Waals surface area (Å²) in [7, 11) is 3.79. The quantitative estimate of drug-likeness (QED) is 0.914. The van der Waals surface area contributed by atoms with Gasteiger partial charge in [-0.3, -0.25) is 0 Å². The molecule has 1 aromatic carbocycles. The topological polar surface area (TPSA) is 26.2 Å². The molecule has 0 fully saturated rings. The number of rotatable bonds is 4. The van der Waals surface area contributed by atoms with E-state index in [1.54, 1.807) is 7.11 Å². The Bertz CT molecular complexity index is 564. The highest BCUT2D eigenvalue weighted by Crippen LogP contribution is 2.25. The van der Waals surface area contributed by atoms with Crippen molar-refractivity contribution in [3.05, 3.63) is 30.0 Å². The van der Waals surface area contributed by atoms with Crippen LogP contribution in [0.15, 0.2) is 24.4 Å². The van der Waals surface area contributed by atoms with E-state index in [1.165, 1.54) is 16.5 Å². The average molecular weight is 260 g/mol. The van der Waals surface area contributed by atoms with Gasteiger partial charge in [0, 0.05) is 30.2 Å². The third kappa shape index (κ3) is 3.29. The molecule has 1 heterocycles. The first-order chi connectivity index (χ1) is 8.90. The zero-order valence-electron chi connectivity index (χ0n) is 12.6. The van der Waals surface area contributed by atoms with Crippen LogP contribution in [-0.4, -0.2) is 23.8 Å². The van der Waals surface area contributed by atoms with Crippen LogP contribution in [0.1, 0.15) is 26.3 Å². The van der Waals surface area contributed by atoms with E-state index in [2.05, 4.69) is 56.0 Å². The van der Waals surface area contributed by atoms with Gasteiger partial charge in [0.15, 0.2) is 0 Å². The van der Waals surface area contributed by atoms with Crippen LogP contribution in [-0.2, 0) is 13.5 Å². The molecule has 2 aromatic rings. The minimum Gasteiger partial charge on any atom is -0.497 e. The summed E-state index contributed by atoms with van der Waals surface area (Å²) in [5.41, 5.74) is 2.79. The Morgan fingerprint density at radius 1 is 1.26 bits per heavy atom. The van der Waals surface area contributed by atoms with Gasteiger partial charge in [0.1, 0.15) is 5.75 Å². The smallest absolute Gasteiger partial charge is 0.120 e. The summed E-state index contributed by atoms with van der Waals surface area (Å²) in [6.45, 7) is 7.58. The molecule has 104 valence electrons. The van der Waals surface area contributed by atoms with Crippen LogP contribution in [0.5, 0.6) is 5.75 Å². The van der Waals surface area contributed by atoms with Gasteiger partial charge < -0.3 is 14.6 Å². The highest BCUT2D eigenvalue weighted by molar-refractivity contribution is 5.85. The lowest BCUT2D eigenvalue weighted by Gasteiger charge is -2.20. The highest BCUT2D eigenvalue weighted by Gasteiger charge is 2.10. The third-order valence-electron chi connectivity index (χ3n) is 3.33. The van der Waals surface area contributed by atoms with Crippen LogP contribution in [0.2, 0.25) is 0 Å². The molecule has 0 radical (unpaired) electrons. The van der Waals surface area contributed by atoms with Gasteiger partial charge in [0.05, 0.1) is 12.6 Å². The summed E-state index contributed by atoms with van der Waals surface area (Å²) in [6.07, 6.45) is 3.26. The third-order valence-corrected chi connectivity index (χ3v) is 3.33. The van der Waals surface area contributed by atoms with Crippen molar-refractivity contribution in [3.8, 4) is 5.75 Å². The van der Waals surface area contributed by atoms with Crippen molar-refractivity contribution in [1.29, 1.82) is 0 Å². The van der Waals surface area contributed by atoms with Gasteiger partial charge in [-0.05, 0) is 51.4 Å². The summed E-state index contributed by atoms with van der Waals surface area (Å²) in [5.74, 6) is 0.910. The van der Waals surface area contributed by atoms with E-state index >= 15 is 0 Å². The van der Waals surface area contributed by atoms with Crippen molar-refractivity contribution in [2.75, 3.05) is 13.7 Å². The number of hydrogen-bond acceptors (Lipinski definition) is 2. The van der Waals surface area contributed by atoms with Crippen molar-refractivity contribution < 1.29 is 4.74 Å². The fourth-order valence-electron chi connectivity index (χ4n) is 2.35. The first-order valence-electron chi connectivity index (χ1n) is 6.78. The van der Waals surface area contributed by atoms with Crippen molar-refractivity contribution in [3.63, 3.8) is 0 Å². The van der Waals surface area contributed by atoms with Gasteiger partial charge in [0.2, 0.25) is 0 Å². The SMILES string of the molecule is COc1ccc2c(CCNC(C)(C)C)cn(C)c2c1. The van der Waals surface area contributed by atoms with Gasteiger partial charge in [0.25, 0.3) is 0 Å². The number of methoxy groups -OCH3 is 1. The molecule has 0 saturated carbocycles. The van der Waals surface area contributed by atoms with E-state index in [1.807, 2.05) is 6.07 Å². The Morgan fingerprint density at radius 3 is 2.63 bits per heavy atom. The van der Waals surface area contributed by atoms with Crippen LogP contribution >= 0.6 is 0 Å². The maximum absolute atomic E-state index is 5.29. The molecule has 0 aliphatic rings. The van der Waals surface area contributed by atoms with E-state index in [9.17, 15) is 0 Å². The van der Waals surface area contributed by atoms with Crippen LogP contribution < -0.4 is 10.1 Å². The number of nitrogens with one attached hydrogen (secondary N) is 1. The number of benzene rings is 1. The normalized spacial score (nSPS) is 12.1. The van der Waals surface area contributed by atoms with E-state index in [0.717, 1.165) is 18.7 Å². The Hall–Kier alpha value is -1.48. The zero-order chi connectivity index (χ0) is 14.0. The summed E-state index contributed by atoms with van der Waals surface area (Å²) in [5, 5.41) is 4.85. The number of aromatic nitrogens is 1. The van der Waals surface area contributed by atoms with Gasteiger partial charge in [-0.25, -0.2) is 0 Å². The van der Waals surface area contributed by atoms with E-state index in [4.69, 9.17) is 4.74 Å². The highest BCUT2D eigenvalue weighted by atomic mass is 16.5. The summed E-state index contributed by atoms with van der Waals surface area (Å²) in [4.78, 5) is 0. The zero-order valence-corrected chi connectivity index (χ0v) is 12.6. The van der Waals surface area contributed by atoms with Crippen molar-refractivity contribution in [1.82, 2.24) is 9.88 Å². The summed E-state index contributed by atoms with van der Waals surface area (Å²) in [6, 6.07) is 6.28. The number of nitrogens with zero attached hydrogens (tertiary/aromatic N) is 1. The minimum atomic E-state index is 0.174. The molecule has 0 aliphatic heterocycles. The predicted octanol–water partition coefficient (Wildman–Crippen LogP) is 3.12. The minimum absolute atomic E-state index is 0.174. The van der Waals surface area contributed by atoms with Gasteiger partial charge in [-0.1, -0.05) is 0 Å². The largest absolute Gasteiger partial charge is 0.497 e. The first kappa shape index (κ1) is 13.9. The molecular formula is C16H24N2O. The van der Waals surface area contributed by atoms with Gasteiger partial charge in [-0.2, -0.15) is 0 Å². The molecule has 0 bridgehead atoms. The van der Waals surface area contributed by atoms with Gasteiger partial charge in [-0.15, -0.1) is 0 Å². The second kappa shape index (κ2) is 5.25. The molecule has 0 atom stereocenters. The van der Waals surface area contributed by atoms with Gasteiger partial charge >= 0.3 is 0 Å². The molecule has 0 unspecified atom stereocenters. The molecule has 0 amide bonds. The van der Waals surface area contributed by atoms with E-state index in [0.29, 0.717) is 0 Å². The molecule has 0 spiro atoms. The maximum Gasteiger partial charge on any atom is 0.120 e. The fraction of sp³-hybridized carbons (Fsp3) is 0.500. The lowest BCUT2D eigenvalue weighted by molar-refractivity contribution is 0.415. The molecule has 3 heteroatoms. The molecule has 3 nitrogen and oxygen atoms in total. The number of fused-ring (bicyclic) bond motifs is 1. The van der Waals surface area contributed by atoms with Crippen molar-refractivity contribution in [2.24, 2.45) is 7.05 Å². The Morgan fingerprint density at radius 2 is 2.00 bits per heavy atom. The van der Waals surface area contributed by atoms with E-state index < -0.39 is 0 Å². The van der Waals surface area contributed by atoms with Crippen LogP contribution in [0.25, 0.3) is 10.9 Å². The van der Waals surface area contributed by atoms with Crippen molar-refractivity contribution in [2.45, 2.75) is 32.7 Å². The van der Waals surface area contributed by atoms with Crippen LogP contribution in [0.4, 0.5) is 0 Å². The van der Waals surface area contributed by atoms with Crippen molar-refractivity contribution >= 4 is 10.9 Å². The van der Waals surface area contributed by atoms with Crippen LogP contribution in [0.3, 0.4) is 0 Å². The molecule has 0 saturated heterocycles. The second-order valence-corrected chi connectivity index (χ2v) is 6.08. The molecule has 19 heavy (non-hydrogen) atoms. The lowest BCUT2D eigenvalue weighted by atomic mass is 10.1.